The van der Waals surface area contributed by atoms with Crippen LogP contribution in [0.2, 0.25) is 5.02 Å². The molecule has 3 nitrogen and oxygen atoms in total. The van der Waals surface area contributed by atoms with Gasteiger partial charge in [-0.25, -0.2) is 0 Å². The van der Waals surface area contributed by atoms with Crippen LogP contribution >= 0.6 is 11.6 Å². The van der Waals surface area contributed by atoms with Crippen LogP contribution in [0.3, 0.4) is 0 Å². The molecule has 22 heavy (non-hydrogen) atoms. The maximum absolute atomic E-state index is 12.7. The molecule has 1 amide bonds. The van der Waals surface area contributed by atoms with Gasteiger partial charge in [-0.3, -0.25) is 4.79 Å². The van der Waals surface area contributed by atoms with Gasteiger partial charge in [-0.15, -0.1) is 0 Å². The van der Waals surface area contributed by atoms with Crippen molar-refractivity contribution in [1.82, 2.24) is 0 Å². The Labute approximate surface area is 129 Å². The summed E-state index contributed by atoms with van der Waals surface area (Å²) in [6.07, 6.45) is -4.49. The molecule has 0 aliphatic rings. The maximum Gasteiger partial charge on any atom is 0.416 e. The van der Waals surface area contributed by atoms with Crippen LogP contribution in [0.1, 0.15) is 11.1 Å². The third kappa shape index (κ3) is 4.14. The molecule has 0 saturated carbocycles. The standard InChI is InChI=1S/C15H12ClF3N2O/c16-12-6-3-10(15(17,18)19)8-13(12)21-14(22)7-9-1-4-11(20)5-2-9/h1-6,8H,7,20H2,(H,21,22). The molecule has 0 bridgehead atoms. The van der Waals surface area contributed by atoms with E-state index >= 15 is 0 Å². The number of nitrogens with one attached hydrogen (secondary N) is 1. The molecule has 0 saturated heterocycles. The summed E-state index contributed by atoms with van der Waals surface area (Å²) in [4.78, 5) is 11.9. The van der Waals surface area contributed by atoms with Crippen LogP contribution in [0.4, 0.5) is 24.5 Å². The molecule has 2 rings (SSSR count). The second kappa shape index (κ2) is 6.27. The number of benzene rings is 2. The smallest absolute Gasteiger partial charge is 0.399 e. The zero-order chi connectivity index (χ0) is 16.3. The Morgan fingerprint density at radius 3 is 2.36 bits per heavy atom. The highest BCUT2D eigenvalue weighted by Crippen LogP contribution is 2.33. The van der Waals surface area contributed by atoms with Crippen LogP contribution in [0.5, 0.6) is 0 Å². The molecule has 0 aromatic heterocycles. The fourth-order valence-corrected chi connectivity index (χ4v) is 1.98. The number of carbonyl (C=O) groups excluding carboxylic acids is 1. The fraction of sp³-hybridized carbons (Fsp3) is 0.133. The van der Waals surface area contributed by atoms with E-state index < -0.39 is 17.6 Å². The van der Waals surface area contributed by atoms with E-state index in [9.17, 15) is 18.0 Å². The summed E-state index contributed by atoms with van der Waals surface area (Å²) in [5, 5.41) is 2.42. The zero-order valence-corrected chi connectivity index (χ0v) is 12.0. The Kier molecular flexibility index (Phi) is 4.61. The normalized spacial score (nSPS) is 11.3. The second-order valence-electron chi connectivity index (χ2n) is 4.66. The number of halogens is 4. The van der Waals surface area contributed by atoms with Gasteiger partial charge < -0.3 is 11.1 Å². The predicted molar refractivity (Wildman–Crippen MR) is 79.6 cm³/mol. The molecule has 0 aliphatic carbocycles. The first-order chi connectivity index (χ1) is 10.3. The van der Waals surface area contributed by atoms with Crippen molar-refractivity contribution in [2.45, 2.75) is 12.6 Å². The van der Waals surface area contributed by atoms with Crippen LogP contribution in [0.25, 0.3) is 0 Å². The van der Waals surface area contributed by atoms with Crippen LogP contribution < -0.4 is 11.1 Å². The summed E-state index contributed by atoms with van der Waals surface area (Å²) < 4.78 is 38.0. The molecule has 116 valence electrons. The van der Waals surface area contributed by atoms with Crippen molar-refractivity contribution < 1.29 is 18.0 Å². The molecule has 0 atom stereocenters. The number of alkyl halides is 3. The van der Waals surface area contributed by atoms with E-state index in [0.717, 1.165) is 18.2 Å². The number of rotatable bonds is 3. The molecule has 2 aromatic carbocycles. The van der Waals surface area contributed by atoms with E-state index in [1.807, 2.05) is 0 Å². The molecule has 7 heteroatoms. The van der Waals surface area contributed by atoms with Crippen LogP contribution in [0, 0.1) is 0 Å². The van der Waals surface area contributed by atoms with E-state index in [4.69, 9.17) is 17.3 Å². The molecule has 0 aliphatic heterocycles. The van der Waals surface area contributed by atoms with Gasteiger partial charge in [0.15, 0.2) is 0 Å². The minimum atomic E-state index is -4.50. The van der Waals surface area contributed by atoms with Crippen molar-refractivity contribution in [3.05, 3.63) is 58.6 Å². The van der Waals surface area contributed by atoms with Crippen LogP contribution in [-0.4, -0.2) is 5.91 Å². The summed E-state index contributed by atoms with van der Waals surface area (Å²) in [6.45, 7) is 0. The highest BCUT2D eigenvalue weighted by atomic mass is 35.5. The van der Waals surface area contributed by atoms with Gasteiger partial charge in [-0.2, -0.15) is 13.2 Å². The maximum atomic E-state index is 12.7. The Hall–Kier alpha value is -2.21. The Morgan fingerprint density at radius 1 is 1.14 bits per heavy atom. The quantitative estimate of drug-likeness (QED) is 0.833. The highest BCUT2D eigenvalue weighted by molar-refractivity contribution is 6.33. The van der Waals surface area contributed by atoms with E-state index in [2.05, 4.69) is 5.32 Å². The van der Waals surface area contributed by atoms with Crippen molar-refractivity contribution in [3.63, 3.8) is 0 Å². The molecular weight excluding hydrogens is 317 g/mol. The summed E-state index contributed by atoms with van der Waals surface area (Å²) in [7, 11) is 0. The molecule has 2 aromatic rings. The predicted octanol–water partition coefficient (Wildman–Crippen LogP) is 4.12. The summed E-state index contributed by atoms with van der Waals surface area (Å²) >= 11 is 5.82. The summed E-state index contributed by atoms with van der Waals surface area (Å²) in [5.41, 5.74) is 5.84. The average molecular weight is 329 g/mol. The first-order valence-corrected chi connectivity index (χ1v) is 6.64. The van der Waals surface area contributed by atoms with Gasteiger partial charge in [0, 0.05) is 5.69 Å². The van der Waals surface area contributed by atoms with Crippen LogP contribution in [-0.2, 0) is 17.4 Å². The molecule has 0 unspecified atom stereocenters. The van der Waals surface area contributed by atoms with Crippen LogP contribution in [0.15, 0.2) is 42.5 Å². The lowest BCUT2D eigenvalue weighted by Crippen LogP contribution is -2.15. The number of hydrogen-bond donors (Lipinski definition) is 2. The van der Waals surface area contributed by atoms with E-state index in [1.165, 1.54) is 0 Å². The lowest BCUT2D eigenvalue weighted by atomic mass is 10.1. The molecule has 0 fully saturated rings. The van der Waals surface area contributed by atoms with E-state index in [1.54, 1.807) is 24.3 Å². The number of nitrogens with two attached hydrogens (primary N) is 1. The Bertz CT molecular complexity index is 684. The minimum absolute atomic E-state index is 0.00680. The largest absolute Gasteiger partial charge is 0.416 e. The third-order valence-electron chi connectivity index (χ3n) is 2.91. The van der Waals surface area contributed by atoms with Crippen molar-refractivity contribution in [2.75, 3.05) is 11.1 Å². The zero-order valence-electron chi connectivity index (χ0n) is 11.2. The van der Waals surface area contributed by atoms with Gasteiger partial charge in [-0.1, -0.05) is 23.7 Å². The van der Waals surface area contributed by atoms with E-state index in [0.29, 0.717) is 11.3 Å². The number of amides is 1. The summed E-state index contributed by atoms with van der Waals surface area (Å²) in [6, 6.07) is 9.38. The van der Waals surface area contributed by atoms with Crippen molar-refractivity contribution in [2.24, 2.45) is 0 Å². The van der Waals surface area contributed by atoms with Gasteiger partial charge >= 0.3 is 6.18 Å². The van der Waals surface area contributed by atoms with E-state index in [-0.39, 0.29) is 17.1 Å². The number of nitrogen functional groups attached to an aromatic ring is 1. The van der Waals surface area contributed by atoms with Gasteiger partial charge in [0.05, 0.1) is 22.7 Å². The molecular formula is C15H12ClF3N2O. The Balaban J connectivity index is 2.12. The first kappa shape index (κ1) is 16.2. The van der Waals surface area contributed by atoms with Crippen molar-refractivity contribution in [1.29, 1.82) is 0 Å². The molecule has 0 radical (unpaired) electrons. The number of carbonyl (C=O) groups is 1. The lowest BCUT2D eigenvalue weighted by molar-refractivity contribution is -0.137. The lowest BCUT2D eigenvalue weighted by Gasteiger charge is -2.11. The molecule has 0 spiro atoms. The van der Waals surface area contributed by atoms with Gasteiger partial charge in [0.1, 0.15) is 0 Å². The Morgan fingerprint density at radius 2 is 1.77 bits per heavy atom. The summed E-state index contributed by atoms with van der Waals surface area (Å²) in [5.74, 6) is -0.467. The van der Waals surface area contributed by atoms with Gasteiger partial charge in [0.2, 0.25) is 5.91 Å². The highest BCUT2D eigenvalue weighted by Gasteiger charge is 2.31. The van der Waals surface area contributed by atoms with Crippen molar-refractivity contribution >= 4 is 28.9 Å². The molecule has 3 N–H and O–H groups in total. The topological polar surface area (TPSA) is 55.1 Å². The fourth-order valence-electron chi connectivity index (χ4n) is 1.81. The average Bonchev–Trinajstić information content (AvgIpc) is 2.42. The monoisotopic (exact) mass is 328 g/mol. The first-order valence-electron chi connectivity index (χ1n) is 6.27. The number of hydrogen-bond acceptors (Lipinski definition) is 2. The molecule has 0 heterocycles. The van der Waals surface area contributed by atoms with Gasteiger partial charge in [0.25, 0.3) is 0 Å². The second-order valence-corrected chi connectivity index (χ2v) is 5.07. The number of anilines is 2. The van der Waals surface area contributed by atoms with Crippen molar-refractivity contribution in [3.8, 4) is 0 Å². The minimum Gasteiger partial charge on any atom is -0.399 e. The third-order valence-corrected chi connectivity index (χ3v) is 3.24. The SMILES string of the molecule is Nc1ccc(CC(=O)Nc2cc(C(F)(F)F)ccc2Cl)cc1. The van der Waals surface area contributed by atoms with Gasteiger partial charge in [-0.05, 0) is 35.9 Å².